The van der Waals surface area contributed by atoms with Crippen molar-refractivity contribution in [3.05, 3.63) is 70.6 Å². The first-order chi connectivity index (χ1) is 20.5. The SMILES string of the molecule is NC1CCN(C(=O)[C@H](NS(=O)(=O)c2ccc(OCC3CCCCC3)cc2)C(F)(F)c2ccc(-c3ccc(Cl)s3)cc2)CC1. The number of nitrogens with two attached hydrogens (primary N) is 1. The van der Waals surface area contributed by atoms with Gasteiger partial charge in [0.25, 0.3) is 5.92 Å². The number of likely N-dealkylation sites (tertiary alicyclic amines) is 1. The fourth-order valence-electron chi connectivity index (χ4n) is 5.58. The maximum absolute atomic E-state index is 16.2. The van der Waals surface area contributed by atoms with Gasteiger partial charge in [-0.25, -0.2) is 8.42 Å². The summed E-state index contributed by atoms with van der Waals surface area (Å²) in [5, 5.41) is 0. The van der Waals surface area contributed by atoms with Gasteiger partial charge in [0.15, 0.2) is 6.04 Å². The molecule has 2 fully saturated rings. The first kappa shape index (κ1) is 31.8. The Morgan fingerprint density at radius 2 is 1.65 bits per heavy atom. The second-order valence-corrected chi connectivity index (χ2v) is 14.7. The van der Waals surface area contributed by atoms with Gasteiger partial charge in [-0.05, 0) is 73.6 Å². The lowest BCUT2D eigenvalue weighted by Crippen LogP contribution is -2.57. The number of nitrogens with zero attached hydrogens (tertiary/aromatic N) is 1. The van der Waals surface area contributed by atoms with Crippen molar-refractivity contribution >= 4 is 38.9 Å². The number of ether oxygens (including phenoxy) is 1. The van der Waals surface area contributed by atoms with E-state index in [4.69, 9.17) is 22.1 Å². The number of hydrogen-bond donors (Lipinski definition) is 2. The highest BCUT2D eigenvalue weighted by Crippen LogP contribution is 2.37. The van der Waals surface area contributed by atoms with E-state index in [1.807, 2.05) is 0 Å². The molecule has 1 saturated carbocycles. The van der Waals surface area contributed by atoms with Crippen molar-refractivity contribution in [2.75, 3.05) is 19.7 Å². The Morgan fingerprint density at radius 3 is 2.26 bits per heavy atom. The third-order valence-electron chi connectivity index (χ3n) is 8.21. The van der Waals surface area contributed by atoms with Crippen LogP contribution in [0.15, 0.2) is 65.6 Å². The van der Waals surface area contributed by atoms with Crippen molar-refractivity contribution in [1.29, 1.82) is 0 Å². The lowest BCUT2D eigenvalue weighted by molar-refractivity contribution is -0.145. The minimum atomic E-state index is -4.52. The Balaban J connectivity index is 1.37. The number of sulfonamides is 1. The van der Waals surface area contributed by atoms with Crippen molar-refractivity contribution in [2.24, 2.45) is 11.7 Å². The van der Waals surface area contributed by atoms with Gasteiger partial charge < -0.3 is 15.4 Å². The zero-order chi connectivity index (χ0) is 30.6. The number of halogens is 3. The van der Waals surface area contributed by atoms with Crippen molar-refractivity contribution < 1.29 is 26.7 Å². The van der Waals surface area contributed by atoms with Crippen LogP contribution < -0.4 is 15.2 Å². The molecule has 3 N–H and O–H groups in total. The van der Waals surface area contributed by atoms with Gasteiger partial charge in [0.05, 0.1) is 15.8 Å². The molecule has 0 bridgehead atoms. The maximum atomic E-state index is 16.2. The number of nitrogens with one attached hydrogen (secondary N) is 1. The molecule has 1 aliphatic carbocycles. The minimum Gasteiger partial charge on any atom is -0.493 e. The second-order valence-electron chi connectivity index (χ2n) is 11.3. The normalized spacial score (nSPS) is 18.0. The number of thiophene rings is 1. The Bertz CT molecular complexity index is 1490. The summed E-state index contributed by atoms with van der Waals surface area (Å²) in [5.41, 5.74) is 6.14. The van der Waals surface area contributed by atoms with E-state index < -0.39 is 33.5 Å². The molecule has 1 aliphatic heterocycles. The summed E-state index contributed by atoms with van der Waals surface area (Å²) < 4.78 is 67.7. The molecule has 0 spiro atoms. The van der Waals surface area contributed by atoms with Crippen molar-refractivity contribution in [2.45, 2.75) is 67.8 Å². The van der Waals surface area contributed by atoms with E-state index in [0.29, 0.717) is 41.0 Å². The molecular weight excluding hydrogens is 616 g/mol. The standard InChI is InChI=1S/C31H36ClF2N3O4S2/c32-28-15-14-27(42-28)22-6-8-23(9-7-22)31(33,34)29(30(38)37-18-16-24(35)17-19-37)36-43(39,40)26-12-10-25(11-13-26)41-20-21-4-2-1-3-5-21/h6-15,21,24,29,36H,1-5,16-20,35H2/t29-/m0/s1. The summed E-state index contributed by atoms with van der Waals surface area (Å²) in [4.78, 5) is 15.4. The van der Waals surface area contributed by atoms with Gasteiger partial charge in [0.1, 0.15) is 5.75 Å². The van der Waals surface area contributed by atoms with Gasteiger partial charge in [-0.15, -0.1) is 11.3 Å². The molecule has 2 aromatic carbocycles. The molecule has 1 saturated heterocycles. The summed E-state index contributed by atoms with van der Waals surface area (Å²) in [6, 6.07) is 12.1. The van der Waals surface area contributed by atoms with Crippen LogP contribution in [-0.4, -0.2) is 51.0 Å². The molecule has 12 heteroatoms. The third kappa shape index (κ3) is 7.75. The first-order valence-corrected chi connectivity index (χ1v) is 17.2. The number of rotatable bonds is 10. The van der Waals surface area contributed by atoms with Crippen molar-refractivity contribution in [1.82, 2.24) is 9.62 Å². The molecule has 43 heavy (non-hydrogen) atoms. The zero-order valence-electron chi connectivity index (χ0n) is 23.7. The van der Waals surface area contributed by atoms with E-state index in [1.165, 1.54) is 84.0 Å². The molecule has 5 rings (SSSR count). The molecule has 0 unspecified atom stereocenters. The zero-order valence-corrected chi connectivity index (χ0v) is 26.1. The maximum Gasteiger partial charge on any atom is 0.298 e. The third-order valence-corrected chi connectivity index (χ3v) is 10.9. The van der Waals surface area contributed by atoms with E-state index >= 15 is 8.78 Å². The van der Waals surface area contributed by atoms with Gasteiger partial charge in [0, 0.05) is 29.6 Å². The predicted octanol–water partition coefficient (Wildman–Crippen LogP) is 6.42. The molecule has 1 atom stereocenters. The lowest BCUT2D eigenvalue weighted by Gasteiger charge is -2.35. The summed E-state index contributed by atoms with van der Waals surface area (Å²) in [6.07, 6.45) is 6.69. The monoisotopic (exact) mass is 651 g/mol. The molecule has 2 aliphatic rings. The molecule has 2 heterocycles. The van der Waals surface area contributed by atoms with E-state index in [0.717, 1.165) is 17.7 Å². The van der Waals surface area contributed by atoms with Crippen molar-refractivity contribution in [3.8, 4) is 16.2 Å². The Kier molecular flexibility index (Phi) is 10.1. The highest BCUT2D eigenvalue weighted by molar-refractivity contribution is 7.89. The smallest absolute Gasteiger partial charge is 0.298 e. The van der Waals surface area contributed by atoms with Crippen molar-refractivity contribution in [3.63, 3.8) is 0 Å². The van der Waals surface area contributed by atoms with Crippen LogP contribution in [0.5, 0.6) is 5.75 Å². The molecule has 7 nitrogen and oxygen atoms in total. The summed E-state index contributed by atoms with van der Waals surface area (Å²) in [5.74, 6) is -3.89. The van der Waals surface area contributed by atoms with Gasteiger partial charge in [0.2, 0.25) is 15.9 Å². The fraction of sp³-hybridized carbons (Fsp3) is 0.452. The average Bonchev–Trinajstić information content (AvgIpc) is 3.46. The number of amides is 1. The first-order valence-electron chi connectivity index (χ1n) is 14.6. The summed E-state index contributed by atoms with van der Waals surface area (Å²) in [7, 11) is -4.52. The highest BCUT2D eigenvalue weighted by Gasteiger charge is 2.50. The van der Waals surface area contributed by atoms with Crippen LogP contribution >= 0.6 is 22.9 Å². The van der Waals surface area contributed by atoms with Gasteiger partial charge in [-0.1, -0.05) is 55.1 Å². The molecule has 1 aromatic heterocycles. The number of piperidine rings is 1. The van der Waals surface area contributed by atoms with E-state index in [1.54, 1.807) is 12.1 Å². The van der Waals surface area contributed by atoms with E-state index in [-0.39, 0.29) is 24.0 Å². The minimum absolute atomic E-state index is 0.142. The number of benzene rings is 2. The van der Waals surface area contributed by atoms with Crippen LogP contribution in [0.1, 0.15) is 50.5 Å². The van der Waals surface area contributed by atoms with Crippen LogP contribution in [0.4, 0.5) is 8.78 Å². The average molecular weight is 652 g/mol. The largest absolute Gasteiger partial charge is 0.493 e. The molecule has 1 amide bonds. The van der Waals surface area contributed by atoms with E-state index in [9.17, 15) is 13.2 Å². The van der Waals surface area contributed by atoms with E-state index in [2.05, 4.69) is 4.72 Å². The van der Waals surface area contributed by atoms with Crippen LogP contribution in [0, 0.1) is 5.92 Å². The molecule has 232 valence electrons. The second kappa shape index (κ2) is 13.6. The molecule has 0 radical (unpaired) electrons. The number of hydrogen-bond acceptors (Lipinski definition) is 6. The Morgan fingerprint density at radius 1 is 1.00 bits per heavy atom. The molecular formula is C31H36ClF2N3O4S2. The van der Waals surface area contributed by atoms with Crippen LogP contribution in [0.3, 0.4) is 0 Å². The highest BCUT2D eigenvalue weighted by atomic mass is 35.5. The van der Waals surface area contributed by atoms with Crippen LogP contribution in [0.25, 0.3) is 10.4 Å². The van der Waals surface area contributed by atoms with Gasteiger partial charge in [-0.3, -0.25) is 4.79 Å². The quantitative estimate of drug-likeness (QED) is 0.264. The summed E-state index contributed by atoms with van der Waals surface area (Å²) >= 11 is 7.33. The van der Waals surface area contributed by atoms with Crippen LogP contribution in [-0.2, 0) is 20.7 Å². The topological polar surface area (TPSA) is 102 Å². The Labute approximate surface area is 260 Å². The fourth-order valence-corrected chi connectivity index (χ4v) is 7.82. The number of carbonyl (C=O) groups is 1. The number of alkyl halides is 2. The summed E-state index contributed by atoms with van der Waals surface area (Å²) in [6.45, 7) is 0.879. The van der Waals surface area contributed by atoms with Gasteiger partial charge >= 0.3 is 0 Å². The predicted molar refractivity (Wildman–Crippen MR) is 165 cm³/mol. The molecule has 3 aromatic rings. The lowest BCUT2D eigenvalue weighted by atomic mass is 9.90. The van der Waals surface area contributed by atoms with Crippen LogP contribution in [0.2, 0.25) is 4.34 Å². The number of carbonyl (C=O) groups excluding carboxylic acids is 1. The Hall–Kier alpha value is -2.57. The van der Waals surface area contributed by atoms with Gasteiger partial charge in [-0.2, -0.15) is 13.5 Å².